The van der Waals surface area contributed by atoms with Crippen molar-refractivity contribution in [1.29, 1.82) is 0 Å². The standard InChI is InChI=1S/C20H29N3O3/c1-26-16-9-7-8-15(14-16)22-20(25)23-13-6-2-5-12-21-19(24)17-10-3-4-11-18(17)23/h7-9,14,17-18H,2-6,10-13H2,1H3,(H,21,24)(H,22,25)/t17-,18+/m1/s1. The summed E-state index contributed by atoms with van der Waals surface area (Å²) in [5.74, 6) is 0.715. The molecule has 0 unspecified atom stereocenters. The highest BCUT2D eigenvalue weighted by Gasteiger charge is 2.37. The molecule has 1 heterocycles. The van der Waals surface area contributed by atoms with Gasteiger partial charge >= 0.3 is 6.03 Å². The Labute approximate surface area is 155 Å². The molecule has 6 heteroatoms. The zero-order valence-electron chi connectivity index (χ0n) is 15.5. The number of nitrogens with zero attached hydrogens (tertiary/aromatic N) is 1. The number of ether oxygens (including phenoxy) is 1. The van der Waals surface area contributed by atoms with Crippen LogP contribution in [-0.2, 0) is 4.79 Å². The van der Waals surface area contributed by atoms with Gasteiger partial charge in [-0.15, -0.1) is 0 Å². The number of carbonyl (C=O) groups is 2. The Morgan fingerprint density at radius 3 is 2.88 bits per heavy atom. The van der Waals surface area contributed by atoms with Crippen LogP contribution in [0.5, 0.6) is 5.75 Å². The number of rotatable bonds is 2. The fourth-order valence-corrected chi connectivity index (χ4v) is 4.03. The van der Waals surface area contributed by atoms with Crippen molar-refractivity contribution in [2.75, 3.05) is 25.5 Å². The molecule has 6 nitrogen and oxygen atoms in total. The molecule has 1 saturated heterocycles. The van der Waals surface area contributed by atoms with Gasteiger partial charge < -0.3 is 20.3 Å². The summed E-state index contributed by atoms with van der Waals surface area (Å²) in [5, 5.41) is 6.06. The fraction of sp³-hybridized carbons (Fsp3) is 0.600. The van der Waals surface area contributed by atoms with Crippen LogP contribution in [0.1, 0.15) is 44.9 Å². The largest absolute Gasteiger partial charge is 0.497 e. The summed E-state index contributed by atoms with van der Waals surface area (Å²) in [4.78, 5) is 27.5. The molecular formula is C20H29N3O3. The number of methoxy groups -OCH3 is 1. The highest BCUT2D eigenvalue weighted by molar-refractivity contribution is 5.90. The van der Waals surface area contributed by atoms with Gasteiger partial charge in [-0.25, -0.2) is 4.79 Å². The molecule has 26 heavy (non-hydrogen) atoms. The number of carbonyl (C=O) groups excluding carboxylic acids is 2. The van der Waals surface area contributed by atoms with E-state index in [1.54, 1.807) is 7.11 Å². The van der Waals surface area contributed by atoms with Crippen molar-refractivity contribution in [3.63, 3.8) is 0 Å². The molecule has 0 bridgehead atoms. The molecule has 3 amide bonds. The zero-order chi connectivity index (χ0) is 18.4. The first-order valence-electron chi connectivity index (χ1n) is 9.68. The molecular weight excluding hydrogens is 330 g/mol. The minimum absolute atomic E-state index is 0.0209. The van der Waals surface area contributed by atoms with Crippen LogP contribution in [-0.4, -0.2) is 43.1 Å². The van der Waals surface area contributed by atoms with Crippen molar-refractivity contribution in [3.05, 3.63) is 24.3 Å². The number of fused-ring (bicyclic) bond motifs is 1. The van der Waals surface area contributed by atoms with E-state index in [2.05, 4.69) is 10.6 Å². The molecule has 1 aromatic carbocycles. The first-order valence-corrected chi connectivity index (χ1v) is 9.68. The molecule has 0 radical (unpaired) electrons. The summed E-state index contributed by atoms with van der Waals surface area (Å²) < 4.78 is 5.23. The second kappa shape index (κ2) is 8.92. The van der Waals surface area contributed by atoms with Crippen LogP contribution in [0.15, 0.2) is 24.3 Å². The third kappa shape index (κ3) is 4.48. The van der Waals surface area contributed by atoms with Gasteiger partial charge in [0.15, 0.2) is 0 Å². The van der Waals surface area contributed by atoms with E-state index in [9.17, 15) is 9.59 Å². The molecule has 2 atom stereocenters. The van der Waals surface area contributed by atoms with Crippen molar-refractivity contribution >= 4 is 17.6 Å². The maximum Gasteiger partial charge on any atom is 0.322 e. The normalized spacial score (nSPS) is 24.2. The van der Waals surface area contributed by atoms with Crippen LogP contribution < -0.4 is 15.4 Å². The third-order valence-corrected chi connectivity index (χ3v) is 5.42. The first-order chi connectivity index (χ1) is 12.7. The molecule has 142 valence electrons. The smallest absolute Gasteiger partial charge is 0.322 e. The van der Waals surface area contributed by atoms with Gasteiger partial charge in [0.2, 0.25) is 5.91 Å². The van der Waals surface area contributed by atoms with Crippen molar-refractivity contribution in [2.24, 2.45) is 5.92 Å². The van der Waals surface area contributed by atoms with E-state index in [0.717, 1.165) is 51.5 Å². The lowest BCUT2D eigenvalue weighted by atomic mass is 9.82. The quantitative estimate of drug-likeness (QED) is 0.850. The van der Waals surface area contributed by atoms with Gasteiger partial charge in [-0.1, -0.05) is 18.9 Å². The van der Waals surface area contributed by atoms with Crippen molar-refractivity contribution in [2.45, 2.75) is 51.0 Å². The second-order valence-corrected chi connectivity index (χ2v) is 7.17. The summed E-state index contributed by atoms with van der Waals surface area (Å²) in [6, 6.07) is 7.22. The number of hydrogen-bond donors (Lipinski definition) is 2. The molecule has 1 aliphatic carbocycles. The van der Waals surface area contributed by atoms with Crippen LogP contribution in [0.3, 0.4) is 0 Å². The molecule has 3 rings (SSSR count). The van der Waals surface area contributed by atoms with E-state index in [-0.39, 0.29) is 23.9 Å². The predicted molar refractivity (Wildman–Crippen MR) is 101 cm³/mol. The monoisotopic (exact) mass is 359 g/mol. The topological polar surface area (TPSA) is 70.7 Å². The minimum atomic E-state index is -0.122. The second-order valence-electron chi connectivity index (χ2n) is 7.17. The van der Waals surface area contributed by atoms with E-state index >= 15 is 0 Å². The molecule has 0 spiro atoms. The molecule has 0 aromatic heterocycles. The van der Waals surface area contributed by atoms with Gasteiger partial charge in [0.25, 0.3) is 0 Å². The van der Waals surface area contributed by atoms with Gasteiger partial charge in [-0.2, -0.15) is 0 Å². The highest BCUT2D eigenvalue weighted by Crippen LogP contribution is 2.30. The summed E-state index contributed by atoms with van der Waals surface area (Å²) in [5.41, 5.74) is 0.711. The van der Waals surface area contributed by atoms with Gasteiger partial charge in [0.05, 0.1) is 13.0 Å². The molecule has 1 saturated carbocycles. The Morgan fingerprint density at radius 1 is 1.19 bits per heavy atom. The lowest BCUT2D eigenvalue weighted by molar-refractivity contribution is -0.128. The molecule has 2 aliphatic rings. The average molecular weight is 359 g/mol. The van der Waals surface area contributed by atoms with E-state index in [4.69, 9.17) is 4.74 Å². The SMILES string of the molecule is COc1cccc(NC(=O)N2CCCCCNC(=O)[C@@H]3CCCC[C@@H]32)c1. The van der Waals surface area contributed by atoms with Gasteiger partial charge in [-0.05, 0) is 44.2 Å². The van der Waals surface area contributed by atoms with Gasteiger partial charge in [-0.3, -0.25) is 4.79 Å². The number of amides is 3. The number of nitrogens with one attached hydrogen (secondary N) is 2. The third-order valence-electron chi connectivity index (χ3n) is 5.42. The molecule has 1 aliphatic heterocycles. The fourth-order valence-electron chi connectivity index (χ4n) is 4.03. The van der Waals surface area contributed by atoms with Crippen LogP contribution in [0.2, 0.25) is 0 Å². The number of hydrogen-bond acceptors (Lipinski definition) is 3. The summed E-state index contributed by atoms with van der Waals surface area (Å²) >= 11 is 0. The average Bonchev–Trinajstić information content (AvgIpc) is 2.67. The van der Waals surface area contributed by atoms with E-state index in [1.165, 1.54) is 0 Å². The number of benzene rings is 1. The lowest BCUT2D eigenvalue weighted by Crippen LogP contribution is -2.52. The van der Waals surface area contributed by atoms with Crippen LogP contribution in [0, 0.1) is 5.92 Å². The van der Waals surface area contributed by atoms with Crippen molar-refractivity contribution < 1.29 is 14.3 Å². The van der Waals surface area contributed by atoms with E-state index in [0.29, 0.717) is 18.0 Å². The number of anilines is 1. The lowest BCUT2D eigenvalue weighted by Gasteiger charge is -2.40. The molecule has 1 aromatic rings. The summed E-state index contributed by atoms with van der Waals surface area (Å²) in [6.07, 6.45) is 6.82. The van der Waals surface area contributed by atoms with Crippen molar-refractivity contribution in [1.82, 2.24) is 10.2 Å². The summed E-state index contributed by atoms with van der Waals surface area (Å²) in [7, 11) is 1.61. The van der Waals surface area contributed by atoms with E-state index < -0.39 is 0 Å². The Bertz CT molecular complexity index is 634. The maximum absolute atomic E-state index is 13.0. The van der Waals surface area contributed by atoms with Crippen LogP contribution >= 0.6 is 0 Å². The van der Waals surface area contributed by atoms with Crippen LogP contribution in [0.4, 0.5) is 10.5 Å². The predicted octanol–water partition coefficient (Wildman–Crippen LogP) is 3.39. The number of urea groups is 1. The zero-order valence-corrected chi connectivity index (χ0v) is 15.5. The van der Waals surface area contributed by atoms with Crippen LogP contribution in [0.25, 0.3) is 0 Å². The van der Waals surface area contributed by atoms with Crippen molar-refractivity contribution in [3.8, 4) is 5.75 Å². The maximum atomic E-state index is 13.0. The van der Waals surface area contributed by atoms with Gasteiger partial charge in [0.1, 0.15) is 5.75 Å². The Kier molecular flexibility index (Phi) is 6.36. The first kappa shape index (κ1) is 18.5. The Hall–Kier alpha value is -2.24. The Balaban J connectivity index is 1.78. The Morgan fingerprint density at radius 2 is 2.04 bits per heavy atom. The highest BCUT2D eigenvalue weighted by atomic mass is 16.5. The summed E-state index contributed by atoms with van der Waals surface area (Å²) in [6.45, 7) is 1.45. The van der Waals surface area contributed by atoms with Gasteiger partial charge in [0, 0.05) is 30.9 Å². The molecule has 2 N–H and O–H groups in total. The van der Waals surface area contributed by atoms with E-state index in [1.807, 2.05) is 29.2 Å². The molecule has 2 fully saturated rings. The minimum Gasteiger partial charge on any atom is -0.497 e.